The Balaban J connectivity index is 1.65. The first-order valence-electron chi connectivity index (χ1n) is 9.99. The first-order valence-corrected chi connectivity index (χ1v) is 9.99. The smallest absolute Gasteiger partial charge is 0.405 e. The van der Waals surface area contributed by atoms with Crippen LogP contribution in [0.2, 0.25) is 0 Å². The third-order valence-corrected chi connectivity index (χ3v) is 4.60. The van der Waals surface area contributed by atoms with Crippen LogP contribution in [0.25, 0.3) is 5.69 Å². The number of aromatic carboxylic acids is 1. The van der Waals surface area contributed by atoms with Gasteiger partial charge in [-0.15, -0.1) is 5.10 Å². The van der Waals surface area contributed by atoms with Gasteiger partial charge in [0.15, 0.2) is 5.69 Å². The standard InChI is InChI=1S/C22H21F3N4O4/c23-22(24,25)14-26-20(30)16-8-10-17(11-9-16)29-18(19(21(31)32)27-28-29)7-4-12-33-13-15-5-2-1-3-6-15/h1-3,5-6,8-11H,4,7,12-14H2,(H,26,30)(H,31,32). The number of benzene rings is 2. The highest BCUT2D eigenvalue weighted by atomic mass is 19.4. The van der Waals surface area contributed by atoms with Crippen molar-refractivity contribution < 1.29 is 32.6 Å². The Labute approximate surface area is 187 Å². The molecule has 0 aliphatic heterocycles. The maximum atomic E-state index is 12.3. The summed E-state index contributed by atoms with van der Waals surface area (Å²) in [6.07, 6.45) is -3.68. The molecular formula is C22H21F3N4O4. The molecule has 0 fully saturated rings. The number of nitrogens with one attached hydrogen (secondary N) is 1. The minimum Gasteiger partial charge on any atom is -0.476 e. The van der Waals surface area contributed by atoms with Crippen molar-refractivity contribution in [2.75, 3.05) is 13.2 Å². The Kier molecular flexibility index (Phi) is 7.78. The maximum absolute atomic E-state index is 12.3. The molecule has 3 aromatic rings. The first-order chi connectivity index (χ1) is 15.7. The monoisotopic (exact) mass is 462 g/mol. The third-order valence-electron chi connectivity index (χ3n) is 4.60. The average molecular weight is 462 g/mol. The van der Waals surface area contributed by atoms with E-state index in [9.17, 15) is 27.9 Å². The molecule has 0 radical (unpaired) electrons. The zero-order chi connectivity index (χ0) is 23.8. The number of hydrogen-bond donors (Lipinski definition) is 2. The summed E-state index contributed by atoms with van der Waals surface area (Å²) < 4.78 is 43.8. The van der Waals surface area contributed by atoms with Crippen molar-refractivity contribution in [2.24, 2.45) is 0 Å². The van der Waals surface area contributed by atoms with Crippen LogP contribution in [0.5, 0.6) is 0 Å². The second kappa shape index (κ2) is 10.7. The minimum absolute atomic E-state index is 0.0254. The lowest BCUT2D eigenvalue weighted by Crippen LogP contribution is -2.33. The molecule has 3 rings (SSSR count). The lowest BCUT2D eigenvalue weighted by Gasteiger charge is -2.10. The van der Waals surface area contributed by atoms with E-state index in [0.29, 0.717) is 37.4 Å². The fraction of sp³-hybridized carbons (Fsp3) is 0.273. The zero-order valence-electron chi connectivity index (χ0n) is 17.4. The molecule has 0 aliphatic rings. The van der Waals surface area contributed by atoms with Crippen molar-refractivity contribution >= 4 is 11.9 Å². The molecule has 2 N–H and O–H groups in total. The highest BCUT2D eigenvalue weighted by Crippen LogP contribution is 2.17. The van der Waals surface area contributed by atoms with E-state index in [0.717, 1.165) is 5.56 Å². The predicted molar refractivity (Wildman–Crippen MR) is 111 cm³/mol. The topological polar surface area (TPSA) is 106 Å². The van der Waals surface area contributed by atoms with Crippen LogP contribution in [0.15, 0.2) is 54.6 Å². The molecule has 33 heavy (non-hydrogen) atoms. The van der Waals surface area contributed by atoms with Crippen LogP contribution in [0.4, 0.5) is 13.2 Å². The van der Waals surface area contributed by atoms with Gasteiger partial charge in [-0.2, -0.15) is 13.2 Å². The van der Waals surface area contributed by atoms with Crippen LogP contribution in [-0.2, 0) is 17.8 Å². The van der Waals surface area contributed by atoms with Gasteiger partial charge < -0.3 is 15.2 Å². The van der Waals surface area contributed by atoms with Crippen molar-refractivity contribution in [1.82, 2.24) is 20.3 Å². The summed E-state index contributed by atoms with van der Waals surface area (Å²) in [6, 6.07) is 15.2. The molecule has 0 saturated carbocycles. The molecule has 0 aliphatic carbocycles. The number of carbonyl (C=O) groups is 2. The molecule has 174 valence electrons. The van der Waals surface area contributed by atoms with E-state index in [2.05, 4.69) is 10.3 Å². The van der Waals surface area contributed by atoms with Gasteiger partial charge in [0.25, 0.3) is 5.91 Å². The number of halogens is 3. The molecule has 11 heteroatoms. The molecule has 2 aromatic carbocycles. The lowest BCUT2D eigenvalue weighted by atomic mass is 10.1. The highest BCUT2D eigenvalue weighted by molar-refractivity contribution is 5.94. The fourth-order valence-corrected chi connectivity index (χ4v) is 3.04. The Morgan fingerprint density at radius 2 is 1.76 bits per heavy atom. The van der Waals surface area contributed by atoms with Gasteiger partial charge in [-0.1, -0.05) is 35.5 Å². The Bertz CT molecular complexity index is 1080. The van der Waals surface area contributed by atoms with Crippen molar-refractivity contribution in [2.45, 2.75) is 25.6 Å². The highest BCUT2D eigenvalue weighted by Gasteiger charge is 2.28. The number of amides is 1. The molecule has 0 spiro atoms. The quantitative estimate of drug-likeness (QED) is 0.448. The van der Waals surface area contributed by atoms with Crippen LogP contribution in [0.3, 0.4) is 0 Å². The number of hydrogen-bond acceptors (Lipinski definition) is 5. The predicted octanol–water partition coefficient (Wildman–Crippen LogP) is 3.41. The number of nitrogens with zero attached hydrogens (tertiary/aromatic N) is 3. The molecule has 1 amide bonds. The van der Waals surface area contributed by atoms with Gasteiger partial charge in [-0.25, -0.2) is 9.48 Å². The van der Waals surface area contributed by atoms with Crippen LogP contribution >= 0.6 is 0 Å². The minimum atomic E-state index is -4.51. The summed E-state index contributed by atoms with van der Waals surface area (Å²) in [5, 5.41) is 18.8. The van der Waals surface area contributed by atoms with Crippen LogP contribution in [0.1, 0.15) is 38.5 Å². The van der Waals surface area contributed by atoms with E-state index in [1.165, 1.54) is 28.9 Å². The molecule has 0 unspecified atom stereocenters. The summed E-state index contributed by atoms with van der Waals surface area (Å²) >= 11 is 0. The maximum Gasteiger partial charge on any atom is 0.405 e. The lowest BCUT2D eigenvalue weighted by molar-refractivity contribution is -0.123. The molecule has 1 aromatic heterocycles. The van der Waals surface area contributed by atoms with Crippen molar-refractivity contribution in [1.29, 1.82) is 0 Å². The molecule has 0 atom stereocenters. The number of ether oxygens (including phenoxy) is 1. The summed E-state index contributed by atoms with van der Waals surface area (Å²) in [5.41, 5.74) is 1.61. The normalized spacial score (nSPS) is 11.4. The van der Waals surface area contributed by atoms with Crippen LogP contribution in [0, 0.1) is 0 Å². The molecule has 0 saturated heterocycles. The van der Waals surface area contributed by atoms with Gasteiger partial charge in [0.2, 0.25) is 0 Å². The molecule has 8 nitrogen and oxygen atoms in total. The Morgan fingerprint density at radius 3 is 2.39 bits per heavy atom. The van der Waals surface area contributed by atoms with Gasteiger partial charge in [0, 0.05) is 12.2 Å². The number of carbonyl (C=O) groups excluding carboxylic acids is 1. The Hall–Kier alpha value is -3.73. The third kappa shape index (κ3) is 6.88. The number of carboxylic acids is 1. The Morgan fingerprint density at radius 1 is 1.06 bits per heavy atom. The summed E-state index contributed by atoms with van der Waals surface area (Å²) in [5.74, 6) is -2.11. The van der Waals surface area contributed by atoms with E-state index in [4.69, 9.17) is 4.74 Å². The van der Waals surface area contributed by atoms with Crippen molar-refractivity contribution in [3.8, 4) is 5.69 Å². The number of carboxylic acid groups (broad SMARTS) is 1. The van der Waals surface area contributed by atoms with Crippen LogP contribution in [-0.4, -0.2) is 51.3 Å². The number of aromatic nitrogens is 3. The second-order valence-corrected chi connectivity index (χ2v) is 7.09. The van der Waals surface area contributed by atoms with Crippen molar-refractivity contribution in [3.05, 3.63) is 77.1 Å². The summed E-state index contributed by atoms with van der Waals surface area (Å²) in [4.78, 5) is 23.4. The van der Waals surface area contributed by atoms with E-state index >= 15 is 0 Å². The molecule has 1 heterocycles. The second-order valence-electron chi connectivity index (χ2n) is 7.09. The van der Waals surface area contributed by atoms with Gasteiger partial charge in [-0.05, 0) is 42.7 Å². The van der Waals surface area contributed by atoms with Crippen molar-refractivity contribution in [3.63, 3.8) is 0 Å². The van der Waals surface area contributed by atoms with Gasteiger partial charge in [0.05, 0.1) is 18.0 Å². The van der Waals surface area contributed by atoms with Gasteiger partial charge >= 0.3 is 12.1 Å². The van der Waals surface area contributed by atoms with E-state index in [1.807, 2.05) is 30.3 Å². The molecule has 0 bridgehead atoms. The van der Waals surface area contributed by atoms with Gasteiger partial charge in [-0.3, -0.25) is 4.79 Å². The van der Waals surface area contributed by atoms with Crippen LogP contribution < -0.4 is 5.32 Å². The largest absolute Gasteiger partial charge is 0.476 e. The number of alkyl halides is 3. The summed E-state index contributed by atoms with van der Waals surface area (Å²) in [7, 11) is 0. The molecular weight excluding hydrogens is 441 g/mol. The van der Waals surface area contributed by atoms with E-state index in [-0.39, 0.29) is 11.3 Å². The SMILES string of the molecule is O=C(NCC(F)(F)F)c1ccc(-n2nnc(C(=O)O)c2CCCOCc2ccccc2)cc1. The first kappa shape index (κ1) is 23.9. The summed E-state index contributed by atoms with van der Waals surface area (Å²) in [6.45, 7) is -0.616. The van der Waals surface area contributed by atoms with E-state index < -0.39 is 24.6 Å². The zero-order valence-corrected chi connectivity index (χ0v) is 17.4. The number of rotatable bonds is 10. The average Bonchev–Trinajstić information content (AvgIpc) is 3.22. The van der Waals surface area contributed by atoms with Gasteiger partial charge in [0.1, 0.15) is 6.54 Å². The fourth-order valence-electron chi connectivity index (χ4n) is 3.04. The van der Waals surface area contributed by atoms with E-state index in [1.54, 1.807) is 5.32 Å².